The Balaban J connectivity index is 1.94. The van der Waals surface area contributed by atoms with Crippen molar-refractivity contribution in [2.45, 2.75) is 25.8 Å². The molecule has 0 spiro atoms. The highest BCUT2D eigenvalue weighted by Gasteiger charge is 2.32. The van der Waals surface area contributed by atoms with E-state index in [2.05, 4.69) is 4.98 Å². The summed E-state index contributed by atoms with van der Waals surface area (Å²) in [6.45, 7) is 2.72. The van der Waals surface area contributed by atoms with Crippen LogP contribution in [0.4, 0.5) is 5.69 Å². The van der Waals surface area contributed by atoms with Crippen molar-refractivity contribution in [1.82, 2.24) is 9.88 Å². The minimum atomic E-state index is 0.0395. The first kappa shape index (κ1) is 12.8. The zero-order chi connectivity index (χ0) is 14.1. The van der Waals surface area contributed by atoms with Crippen molar-refractivity contribution in [3.63, 3.8) is 0 Å². The standard InChI is InChI=1S/C16H19N3O/c1-11-5-2-6-12(17)15(11)16(20)19-10-4-8-14(19)13-7-3-9-18-13/h2-3,5-7,9,14,18H,4,8,10,17H2,1H3. The van der Waals surface area contributed by atoms with E-state index < -0.39 is 0 Å². The summed E-state index contributed by atoms with van der Waals surface area (Å²) in [5, 5.41) is 0. The quantitative estimate of drug-likeness (QED) is 0.823. The Morgan fingerprint density at radius 3 is 2.90 bits per heavy atom. The molecule has 1 aromatic heterocycles. The van der Waals surface area contributed by atoms with E-state index >= 15 is 0 Å². The molecule has 4 nitrogen and oxygen atoms in total. The van der Waals surface area contributed by atoms with Gasteiger partial charge in [0.2, 0.25) is 0 Å². The van der Waals surface area contributed by atoms with Gasteiger partial charge in [-0.1, -0.05) is 12.1 Å². The highest BCUT2D eigenvalue weighted by molar-refractivity contribution is 6.00. The van der Waals surface area contributed by atoms with Crippen LogP contribution in [0.1, 0.15) is 40.5 Å². The van der Waals surface area contributed by atoms with Crippen LogP contribution in [0.15, 0.2) is 36.5 Å². The van der Waals surface area contributed by atoms with Crippen LogP contribution < -0.4 is 5.73 Å². The van der Waals surface area contributed by atoms with E-state index in [1.54, 1.807) is 6.07 Å². The zero-order valence-electron chi connectivity index (χ0n) is 11.6. The van der Waals surface area contributed by atoms with Crippen LogP contribution in [0.3, 0.4) is 0 Å². The molecular formula is C16H19N3O. The van der Waals surface area contributed by atoms with Crippen LogP contribution in [-0.2, 0) is 0 Å². The highest BCUT2D eigenvalue weighted by atomic mass is 16.2. The summed E-state index contributed by atoms with van der Waals surface area (Å²) < 4.78 is 0. The monoisotopic (exact) mass is 269 g/mol. The molecule has 0 radical (unpaired) electrons. The molecule has 3 N–H and O–H groups in total. The van der Waals surface area contributed by atoms with Crippen molar-refractivity contribution in [1.29, 1.82) is 0 Å². The first-order valence-corrected chi connectivity index (χ1v) is 6.98. The number of nitrogen functional groups attached to an aromatic ring is 1. The number of anilines is 1. The third kappa shape index (κ3) is 2.07. The molecule has 0 saturated carbocycles. The van der Waals surface area contributed by atoms with Gasteiger partial charge >= 0.3 is 0 Å². The fourth-order valence-corrected chi connectivity index (χ4v) is 3.01. The van der Waals surface area contributed by atoms with E-state index in [1.807, 2.05) is 42.3 Å². The molecule has 1 unspecified atom stereocenters. The lowest BCUT2D eigenvalue weighted by Crippen LogP contribution is -2.31. The molecule has 1 amide bonds. The van der Waals surface area contributed by atoms with Crippen LogP contribution in [0.25, 0.3) is 0 Å². The van der Waals surface area contributed by atoms with Crippen LogP contribution in [0.2, 0.25) is 0 Å². The third-order valence-electron chi connectivity index (χ3n) is 4.01. The molecule has 2 aromatic rings. The van der Waals surface area contributed by atoms with Gasteiger partial charge in [-0.05, 0) is 43.5 Å². The molecule has 20 heavy (non-hydrogen) atoms. The minimum absolute atomic E-state index is 0.0395. The average molecular weight is 269 g/mol. The maximum atomic E-state index is 12.8. The normalized spacial score (nSPS) is 18.4. The van der Waals surface area contributed by atoms with Crippen LogP contribution in [-0.4, -0.2) is 22.3 Å². The number of nitrogens with zero attached hydrogens (tertiary/aromatic N) is 1. The van der Waals surface area contributed by atoms with Gasteiger partial charge < -0.3 is 15.6 Å². The number of rotatable bonds is 2. The summed E-state index contributed by atoms with van der Waals surface area (Å²) >= 11 is 0. The average Bonchev–Trinajstić information content (AvgIpc) is 3.09. The van der Waals surface area contributed by atoms with Crippen molar-refractivity contribution >= 4 is 11.6 Å². The second-order valence-corrected chi connectivity index (χ2v) is 5.32. The maximum absolute atomic E-state index is 12.8. The Bertz CT molecular complexity index is 598. The third-order valence-corrected chi connectivity index (χ3v) is 4.01. The van der Waals surface area contributed by atoms with Gasteiger partial charge in [0.05, 0.1) is 11.6 Å². The van der Waals surface area contributed by atoms with Crippen molar-refractivity contribution < 1.29 is 4.79 Å². The Morgan fingerprint density at radius 1 is 1.35 bits per heavy atom. The number of aromatic nitrogens is 1. The smallest absolute Gasteiger partial charge is 0.256 e. The molecule has 2 heterocycles. The summed E-state index contributed by atoms with van der Waals surface area (Å²) in [4.78, 5) is 18.0. The van der Waals surface area contributed by atoms with Crippen LogP contribution in [0.5, 0.6) is 0 Å². The number of H-pyrrole nitrogens is 1. The number of hydrogen-bond donors (Lipinski definition) is 2. The molecule has 104 valence electrons. The van der Waals surface area contributed by atoms with Gasteiger partial charge in [0.15, 0.2) is 0 Å². The van der Waals surface area contributed by atoms with Gasteiger partial charge in [-0.15, -0.1) is 0 Å². The second-order valence-electron chi connectivity index (χ2n) is 5.32. The van der Waals surface area contributed by atoms with Crippen molar-refractivity contribution in [3.05, 3.63) is 53.3 Å². The van der Waals surface area contributed by atoms with Crippen molar-refractivity contribution in [3.8, 4) is 0 Å². The zero-order valence-corrected chi connectivity index (χ0v) is 11.6. The van der Waals surface area contributed by atoms with E-state index in [1.165, 1.54) is 0 Å². The van der Waals surface area contributed by atoms with E-state index in [9.17, 15) is 4.79 Å². The van der Waals surface area contributed by atoms with E-state index in [4.69, 9.17) is 5.73 Å². The molecular weight excluding hydrogens is 250 g/mol. The molecule has 4 heteroatoms. The van der Waals surface area contributed by atoms with Gasteiger partial charge in [-0.25, -0.2) is 0 Å². The molecule has 1 fully saturated rings. The number of carbonyl (C=O) groups is 1. The number of amides is 1. The Labute approximate surface area is 118 Å². The second kappa shape index (κ2) is 5.04. The number of benzene rings is 1. The molecule has 1 aromatic carbocycles. The van der Waals surface area contributed by atoms with Crippen molar-refractivity contribution in [2.75, 3.05) is 12.3 Å². The van der Waals surface area contributed by atoms with Crippen LogP contribution in [0, 0.1) is 6.92 Å². The first-order chi connectivity index (χ1) is 9.68. The lowest BCUT2D eigenvalue weighted by molar-refractivity contribution is 0.0733. The number of aryl methyl sites for hydroxylation is 1. The summed E-state index contributed by atoms with van der Waals surface area (Å²) in [5.74, 6) is 0.0395. The Morgan fingerprint density at radius 2 is 2.20 bits per heavy atom. The summed E-state index contributed by atoms with van der Waals surface area (Å²) in [6.07, 6.45) is 3.93. The lowest BCUT2D eigenvalue weighted by atomic mass is 10.0. The first-order valence-electron chi connectivity index (χ1n) is 6.98. The predicted molar refractivity (Wildman–Crippen MR) is 79.4 cm³/mol. The van der Waals surface area contributed by atoms with Gasteiger partial charge in [-0.2, -0.15) is 0 Å². The number of likely N-dealkylation sites (tertiary alicyclic amines) is 1. The highest BCUT2D eigenvalue weighted by Crippen LogP contribution is 2.33. The van der Waals surface area contributed by atoms with Gasteiger partial charge in [-0.3, -0.25) is 4.79 Å². The summed E-state index contributed by atoms with van der Waals surface area (Å²) in [6, 6.07) is 9.75. The maximum Gasteiger partial charge on any atom is 0.256 e. The van der Waals surface area contributed by atoms with Gasteiger partial charge in [0, 0.05) is 24.1 Å². The predicted octanol–water partition coefficient (Wildman–Crippen LogP) is 2.88. The van der Waals surface area contributed by atoms with E-state index in [0.29, 0.717) is 11.3 Å². The van der Waals surface area contributed by atoms with Crippen LogP contribution >= 0.6 is 0 Å². The SMILES string of the molecule is Cc1cccc(N)c1C(=O)N1CCCC1c1ccc[nH]1. The molecule has 1 aliphatic rings. The number of hydrogen-bond acceptors (Lipinski definition) is 2. The number of aromatic amines is 1. The molecule has 3 rings (SSSR count). The summed E-state index contributed by atoms with van der Waals surface area (Å²) in [7, 11) is 0. The number of carbonyl (C=O) groups excluding carboxylic acids is 1. The van der Waals surface area contributed by atoms with E-state index in [0.717, 1.165) is 30.6 Å². The molecule has 1 aliphatic heterocycles. The number of nitrogens with one attached hydrogen (secondary N) is 1. The summed E-state index contributed by atoms with van der Waals surface area (Å²) in [5.41, 5.74) is 9.24. The largest absolute Gasteiger partial charge is 0.398 e. The van der Waals surface area contributed by atoms with Gasteiger partial charge in [0.1, 0.15) is 0 Å². The fraction of sp³-hybridized carbons (Fsp3) is 0.312. The van der Waals surface area contributed by atoms with Crippen molar-refractivity contribution in [2.24, 2.45) is 0 Å². The molecule has 1 atom stereocenters. The van der Waals surface area contributed by atoms with Gasteiger partial charge in [0.25, 0.3) is 5.91 Å². The fourth-order valence-electron chi connectivity index (χ4n) is 3.01. The lowest BCUT2D eigenvalue weighted by Gasteiger charge is -2.25. The minimum Gasteiger partial charge on any atom is -0.398 e. The molecule has 0 aliphatic carbocycles. The molecule has 1 saturated heterocycles. The van der Waals surface area contributed by atoms with E-state index in [-0.39, 0.29) is 11.9 Å². The Hall–Kier alpha value is -2.23. The number of nitrogens with two attached hydrogens (primary N) is 1. The topological polar surface area (TPSA) is 62.1 Å². The molecule has 0 bridgehead atoms. The Kier molecular flexibility index (Phi) is 3.22.